The zero-order chi connectivity index (χ0) is 9.97. The summed E-state index contributed by atoms with van der Waals surface area (Å²) in [7, 11) is 1.84. The first-order valence-corrected chi connectivity index (χ1v) is 4.61. The minimum Gasteiger partial charge on any atom is -0.251 e. The zero-order valence-corrected chi connectivity index (χ0v) is 8.39. The van der Waals surface area contributed by atoms with Crippen LogP contribution in [0.2, 0.25) is 0 Å². The first-order chi connectivity index (χ1) is 6.79. The van der Waals surface area contributed by atoms with Crippen LogP contribution in [0.15, 0.2) is 12.5 Å². The van der Waals surface area contributed by atoms with Gasteiger partial charge in [0.15, 0.2) is 0 Å². The largest absolute Gasteiger partial charge is 0.251 e. The molecular weight excluding hydrogens is 204 g/mol. The minimum atomic E-state index is 0.374. The van der Waals surface area contributed by atoms with E-state index in [0.29, 0.717) is 12.4 Å². The van der Waals surface area contributed by atoms with Crippen LogP contribution in [-0.4, -0.2) is 29.8 Å². The average Bonchev–Trinajstić information content (AvgIpc) is 2.77. The molecule has 2 rings (SSSR count). The van der Waals surface area contributed by atoms with Gasteiger partial charge in [-0.15, -0.1) is 16.7 Å². The van der Waals surface area contributed by atoms with Crippen LogP contribution in [0.25, 0.3) is 0 Å². The molecule has 7 heteroatoms. The van der Waals surface area contributed by atoms with Crippen molar-refractivity contribution in [1.29, 1.82) is 0 Å². The van der Waals surface area contributed by atoms with Gasteiger partial charge >= 0.3 is 0 Å². The molecule has 0 radical (unpaired) electrons. The molecule has 0 spiro atoms. The standard InChI is InChI=1S/C7H9ClN6/c1-13-7(9-5-10-13)4-14-3-6(2-8)11-12-14/h3,5H,2,4H2,1H3. The van der Waals surface area contributed by atoms with Gasteiger partial charge in [0.05, 0.1) is 17.8 Å². The van der Waals surface area contributed by atoms with E-state index in [0.717, 1.165) is 11.5 Å². The molecule has 0 N–H and O–H groups in total. The lowest BCUT2D eigenvalue weighted by atomic mass is 10.5. The van der Waals surface area contributed by atoms with E-state index in [9.17, 15) is 0 Å². The van der Waals surface area contributed by atoms with Crippen LogP contribution in [0.3, 0.4) is 0 Å². The van der Waals surface area contributed by atoms with Gasteiger partial charge in [-0.3, -0.25) is 4.68 Å². The summed E-state index contributed by atoms with van der Waals surface area (Å²) in [6.07, 6.45) is 3.30. The van der Waals surface area contributed by atoms with Crippen molar-refractivity contribution in [2.75, 3.05) is 0 Å². The molecule has 0 atom stereocenters. The van der Waals surface area contributed by atoms with E-state index < -0.39 is 0 Å². The second-order valence-corrected chi connectivity index (χ2v) is 3.11. The van der Waals surface area contributed by atoms with Crippen LogP contribution in [-0.2, 0) is 19.5 Å². The van der Waals surface area contributed by atoms with Crippen molar-refractivity contribution in [3.8, 4) is 0 Å². The Labute approximate surface area is 85.5 Å². The molecule has 6 nitrogen and oxygen atoms in total. The van der Waals surface area contributed by atoms with E-state index in [2.05, 4.69) is 20.4 Å². The average molecular weight is 213 g/mol. The highest BCUT2D eigenvalue weighted by atomic mass is 35.5. The predicted octanol–water partition coefficient (Wildman–Crippen LogP) is 0.194. The van der Waals surface area contributed by atoms with Crippen LogP contribution in [0.5, 0.6) is 0 Å². The second-order valence-electron chi connectivity index (χ2n) is 2.84. The highest BCUT2D eigenvalue weighted by molar-refractivity contribution is 6.16. The molecule has 0 aliphatic carbocycles. The van der Waals surface area contributed by atoms with Crippen molar-refractivity contribution in [3.63, 3.8) is 0 Å². The van der Waals surface area contributed by atoms with Crippen LogP contribution in [0.1, 0.15) is 11.5 Å². The first kappa shape index (κ1) is 9.14. The number of nitrogens with zero attached hydrogens (tertiary/aromatic N) is 6. The predicted molar refractivity (Wildman–Crippen MR) is 49.7 cm³/mol. The molecule has 14 heavy (non-hydrogen) atoms. The summed E-state index contributed by atoms with van der Waals surface area (Å²) in [6.45, 7) is 0.556. The minimum absolute atomic E-state index is 0.374. The van der Waals surface area contributed by atoms with Gasteiger partial charge in [-0.2, -0.15) is 5.10 Å². The molecule has 2 aromatic rings. The van der Waals surface area contributed by atoms with E-state index >= 15 is 0 Å². The van der Waals surface area contributed by atoms with Crippen molar-refractivity contribution >= 4 is 11.6 Å². The van der Waals surface area contributed by atoms with Gasteiger partial charge in [0.1, 0.15) is 18.7 Å². The van der Waals surface area contributed by atoms with E-state index in [1.807, 2.05) is 7.05 Å². The van der Waals surface area contributed by atoms with Crippen molar-refractivity contribution < 1.29 is 0 Å². The summed E-state index contributed by atoms with van der Waals surface area (Å²) < 4.78 is 3.38. The van der Waals surface area contributed by atoms with Crippen LogP contribution >= 0.6 is 11.6 Å². The van der Waals surface area contributed by atoms with Gasteiger partial charge in [-0.25, -0.2) is 9.67 Å². The molecule has 2 aromatic heterocycles. The summed E-state index contributed by atoms with van der Waals surface area (Å²) in [5, 5.41) is 11.7. The van der Waals surface area contributed by atoms with Crippen molar-refractivity contribution in [1.82, 2.24) is 29.8 Å². The molecule has 0 unspecified atom stereocenters. The monoisotopic (exact) mass is 212 g/mol. The first-order valence-electron chi connectivity index (χ1n) is 4.07. The van der Waals surface area contributed by atoms with Crippen LogP contribution in [0.4, 0.5) is 0 Å². The topological polar surface area (TPSA) is 61.4 Å². The Balaban J connectivity index is 2.15. The summed E-state index contributed by atoms with van der Waals surface area (Å²) >= 11 is 5.60. The number of aromatic nitrogens is 6. The number of aryl methyl sites for hydroxylation is 1. The maximum absolute atomic E-state index is 5.60. The van der Waals surface area contributed by atoms with Crippen molar-refractivity contribution in [2.24, 2.45) is 7.05 Å². The van der Waals surface area contributed by atoms with Gasteiger partial charge in [0.25, 0.3) is 0 Å². The van der Waals surface area contributed by atoms with Gasteiger partial charge in [-0.1, -0.05) is 5.21 Å². The zero-order valence-electron chi connectivity index (χ0n) is 7.63. The Morgan fingerprint density at radius 3 is 2.93 bits per heavy atom. The fraction of sp³-hybridized carbons (Fsp3) is 0.429. The lowest BCUT2D eigenvalue weighted by molar-refractivity contribution is 0.589. The number of hydrogen-bond donors (Lipinski definition) is 0. The lowest BCUT2D eigenvalue weighted by Gasteiger charge is -1.98. The summed E-state index contributed by atoms with van der Waals surface area (Å²) in [5.74, 6) is 1.20. The number of hydrogen-bond acceptors (Lipinski definition) is 4. The summed E-state index contributed by atoms with van der Waals surface area (Å²) in [5.41, 5.74) is 0.758. The maximum atomic E-state index is 5.60. The molecule has 0 fully saturated rings. The Morgan fingerprint density at radius 2 is 2.36 bits per heavy atom. The molecule has 0 bridgehead atoms. The van der Waals surface area contributed by atoms with Gasteiger partial charge in [0.2, 0.25) is 0 Å². The molecule has 0 amide bonds. The molecule has 0 saturated carbocycles. The number of alkyl halides is 1. The van der Waals surface area contributed by atoms with E-state index in [1.54, 1.807) is 15.6 Å². The normalized spacial score (nSPS) is 10.7. The highest BCUT2D eigenvalue weighted by Crippen LogP contribution is 2.00. The summed E-state index contributed by atoms with van der Waals surface area (Å²) in [6, 6.07) is 0. The number of rotatable bonds is 3. The third-order valence-electron chi connectivity index (χ3n) is 1.83. The SMILES string of the molecule is Cn1ncnc1Cn1cc(CCl)nn1. The molecule has 0 saturated heterocycles. The van der Waals surface area contributed by atoms with E-state index in [4.69, 9.17) is 11.6 Å². The molecule has 0 aromatic carbocycles. The molecule has 0 aliphatic heterocycles. The van der Waals surface area contributed by atoms with Gasteiger partial charge in [0, 0.05) is 7.05 Å². The maximum Gasteiger partial charge on any atom is 0.148 e. The fourth-order valence-corrected chi connectivity index (χ4v) is 1.21. The van der Waals surface area contributed by atoms with E-state index in [1.165, 1.54) is 6.33 Å². The third kappa shape index (κ3) is 1.74. The van der Waals surface area contributed by atoms with Crippen LogP contribution in [0, 0.1) is 0 Å². The molecule has 2 heterocycles. The van der Waals surface area contributed by atoms with Gasteiger partial charge < -0.3 is 0 Å². The lowest BCUT2D eigenvalue weighted by Crippen LogP contribution is -2.07. The Bertz CT molecular complexity index is 419. The quantitative estimate of drug-likeness (QED) is 0.682. The highest BCUT2D eigenvalue weighted by Gasteiger charge is 2.03. The summed E-state index contributed by atoms with van der Waals surface area (Å²) in [4.78, 5) is 4.08. The van der Waals surface area contributed by atoms with E-state index in [-0.39, 0.29) is 0 Å². The molecular formula is C7H9ClN6. The fourth-order valence-electron chi connectivity index (χ4n) is 1.09. The van der Waals surface area contributed by atoms with Gasteiger partial charge in [-0.05, 0) is 0 Å². The van der Waals surface area contributed by atoms with Crippen molar-refractivity contribution in [3.05, 3.63) is 24.0 Å². The Hall–Kier alpha value is -1.43. The molecule has 74 valence electrons. The number of halogens is 1. The van der Waals surface area contributed by atoms with Crippen LogP contribution < -0.4 is 0 Å². The Kier molecular flexibility index (Phi) is 2.45. The smallest absolute Gasteiger partial charge is 0.148 e. The second kappa shape index (κ2) is 3.75. The van der Waals surface area contributed by atoms with Crippen molar-refractivity contribution in [2.45, 2.75) is 12.4 Å². The Morgan fingerprint density at radius 1 is 1.50 bits per heavy atom. The third-order valence-corrected chi connectivity index (χ3v) is 2.11. The molecule has 0 aliphatic rings.